The van der Waals surface area contributed by atoms with Crippen LogP contribution in [0.5, 0.6) is 0 Å². The number of nitrogens with one attached hydrogen (secondary N) is 1. The fraction of sp³-hybridized carbons (Fsp3) is 0.143. The summed E-state index contributed by atoms with van der Waals surface area (Å²) in [7, 11) is 0. The first-order chi connectivity index (χ1) is 13.8. The molecular formula is C21H17NO7. The third-order valence-corrected chi connectivity index (χ3v) is 4.59. The quantitative estimate of drug-likeness (QED) is 0.450. The number of carboxylic acids is 2. The largest absolute Gasteiger partial charge is 0.481 e. The van der Waals surface area contributed by atoms with Crippen molar-refractivity contribution in [1.82, 2.24) is 4.98 Å². The Hall–Kier alpha value is -3.78. The first-order valence-corrected chi connectivity index (χ1v) is 8.70. The van der Waals surface area contributed by atoms with E-state index < -0.39 is 36.3 Å². The number of pyridine rings is 1. The fourth-order valence-electron chi connectivity index (χ4n) is 3.16. The molecule has 1 aromatic heterocycles. The molecule has 0 radical (unpaired) electrons. The molecule has 0 aliphatic rings. The molecule has 0 amide bonds. The normalized spacial score (nSPS) is 10.8. The minimum atomic E-state index is -1.15. The van der Waals surface area contributed by atoms with Crippen molar-refractivity contribution >= 4 is 28.6 Å². The van der Waals surface area contributed by atoms with Gasteiger partial charge in [0.1, 0.15) is 0 Å². The second-order valence-corrected chi connectivity index (χ2v) is 6.43. The minimum absolute atomic E-state index is 0.145. The number of Topliss-reactive ketones (excluding diaryl/α,β-unsaturated/α-hetero) is 1. The highest BCUT2D eigenvalue weighted by Gasteiger charge is 2.20. The maximum absolute atomic E-state index is 12.5. The van der Waals surface area contributed by atoms with Crippen LogP contribution in [0.15, 0.2) is 47.3 Å². The first-order valence-electron chi connectivity index (χ1n) is 8.70. The summed E-state index contributed by atoms with van der Waals surface area (Å²) in [5.74, 6) is -2.83. The van der Waals surface area contributed by atoms with E-state index in [2.05, 4.69) is 4.98 Å². The van der Waals surface area contributed by atoms with E-state index in [4.69, 9.17) is 10.2 Å². The highest BCUT2D eigenvalue weighted by Crippen LogP contribution is 2.26. The van der Waals surface area contributed by atoms with Crippen molar-refractivity contribution in [3.8, 4) is 11.1 Å². The van der Waals surface area contributed by atoms with Gasteiger partial charge >= 0.3 is 11.9 Å². The molecule has 2 aromatic carbocycles. The van der Waals surface area contributed by atoms with E-state index >= 15 is 0 Å². The van der Waals surface area contributed by atoms with E-state index in [0.717, 1.165) is 5.56 Å². The van der Waals surface area contributed by atoms with Crippen LogP contribution in [-0.2, 0) is 11.4 Å². The fourth-order valence-corrected chi connectivity index (χ4v) is 3.16. The predicted molar refractivity (Wildman–Crippen MR) is 104 cm³/mol. The molecule has 0 fully saturated rings. The lowest BCUT2D eigenvalue weighted by Crippen LogP contribution is -2.22. The molecule has 8 heteroatoms. The molecule has 1 heterocycles. The number of aliphatic hydroxyl groups excluding tert-OH is 1. The van der Waals surface area contributed by atoms with Gasteiger partial charge in [-0.2, -0.15) is 0 Å². The van der Waals surface area contributed by atoms with Crippen molar-refractivity contribution in [3.63, 3.8) is 0 Å². The summed E-state index contributed by atoms with van der Waals surface area (Å²) < 4.78 is 0. The highest BCUT2D eigenvalue weighted by atomic mass is 16.4. The average molecular weight is 395 g/mol. The molecular weight excluding hydrogens is 378 g/mol. The van der Waals surface area contributed by atoms with Gasteiger partial charge in [0.15, 0.2) is 5.78 Å². The number of carbonyl (C=O) groups is 3. The van der Waals surface area contributed by atoms with Crippen LogP contribution in [0.3, 0.4) is 0 Å². The van der Waals surface area contributed by atoms with Gasteiger partial charge in [-0.1, -0.05) is 24.3 Å². The summed E-state index contributed by atoms with van der Waals surface area (Å²) in [6.45, 7) is -0.554. The number of aromatic nitrogens is 1. The van der Waals surface area contributed by atoms with Gasteiger partial charge in [-0.25, -0.2) is 4.79 Å². The van der Waals surface area contributed by atoms with Crippen LogP contribution < -0.4 is 5.56 Å². The molecule has 0 atom stereocenters. The standard InChI is InChI=1S/C21H17NO7/c23-10-15-14-6-5-13(11-1-3-12(4-2-11)21(28)29)9-16(14)22-20(27)19(15)17(24)7-8-18(25)26/h1-6,9,23H,7-8,10H2,(H,22,27)(H,25,26)(H,28,29). The van der Waals surface area contributed by atoms with Crippen LogP contribution in [0.1, 0.15) is 39.1 Å². The lowest BCUT2D eigenvalue weighted by atomic mass is 9.96. The molecule has 0 unspecified atom stereocenters. The van der Waals surface area contributed by atoms with Crippen molar-refractivity contribution in [2.24, 2.45) is 0 Å². The molecule has 148 valence electrons. The van der Waals surface area contributed by atoms with Crippen molar-refractivity contribution in [1.29, 1.82) is 0 Å². The SMILES string of the molecule is O=C(O)CCC(=O)c1c(CO)c2ccc(-c3ccc(C(=O)O)cc3)cc2[nH]c1=O. The van der Waals surface area contributed by atoms with E-state index in [0.29, 0.717) is 16.5 Å². The third kappa shape index (κ3) is 4.07. The number of rotatable bonds is 7. The smallest absolute Gasteiger partial charge is 0.335 e. The van der Waals surface area contributed by atoms with E-state index in [1.165, 1.54) is 12.1 Å². The van der Waals surface area contributed by atoms with Crippen molar-refractivity contribution in [2.75, 3.05) is 0 Å². The maximum atomic E-state index is 12.5. The minimum Gasteiger partial charge on any atom is -0.481 e. The summed E-state index contributed by atoms with van der Waals surface area (Å²) >= 11 is 0. The number of aromatic carboxylic acids is 1. The molecule has 4 N–H and O–H groups in total. The monoisotopic (exact) mass is 395 g/mol. The second kappa shape index (κ2) is 8.07. The third-order valence-electron chi connectivity index (χ3n) is 4.59. The first kappa shape index (κ1) is 20.0. The molecule has 0 saturated heterocycles. The Morgan fingerprint density at radius 1 is 0.897 bits per heavy atom. The number of aliphatic hydroxyl groups is 1. The molecule has 3 aromatic rings. The van der Waals surface area contributed by atoms with Gasteiger partial charge in [-0.3, -0.25) is 14.4 Å². The van der Waals surface area contributed by atoms with E-state index in [9.17, 15) is 24.3 Å². The van der Waals surface area contributed by atoms with E-state index in [1.54, 1.807) is 30.3 Å². The number of H-pyrrole nitrogens is 1. The molecule has 0 aliphatic carbocycles. The van der Waals surface area contributed by atoms with Crippen LogP contribution in [-0.4, -0.2) is 38.0 Å². The Bertz CT molecular complexity index is 1180. The van der Waals surface area contributed by atoms with Crippen LogP contribution in [0, 0.1) is 0 Å². The highest BCUT2D eigenvalue weighted by molar-refractivity contribution is 6.02. The number of benzene rings is 2. The number of fused-ring (bicyclic) bond motifs is 1. The molecule has 0 bridgehead atoms. The number of carboxylic acid groups (broad SMARTS) is 2. The number of aliphatic carboxylic acids is 1. The van der Waals surface area contributed by atoms with Gasteiger partial charge in [0.2, 0.25) is 0 Å². The number of hydrogen-bond acceptors (Lipinski definition) is 5. The van der Waals surface area contributed by atoms with Crippen LogP contribution >= 0.6 is 0 Å². The Labute approximate surface area is 164 Å². The summed E-state index contributed by atoms with van der Waals surface area (Å²) in [6.07, 6.45) is -0.753. The molecule has 29 heavy (non-hydrogen) atoms. The zero-order chi connectivity index (χ0) is 21.1. The van der Waals surface area contributed by atoms with Crippen molar-refractivity contribution in [2.45, 2.75) is 19.4 Å². The topological polar surface area (TPSA) is 145 Å². The van der Waals surface area contributed by atoms with Crippen molar-refractivity contribution in [3.05, 3.63) is 69.5 Å². The summed E-state index contributed by atoms with van der Waals surface area (Å²) in [6, 6.07) is 11.2. The number of ketones is 1. The molecule has 8 nitrogen and oxygen atoms in total. The van der Waals surface area contributed by atoms with Crippen LogP contribution in [0.25, 0.3) is 22.0 Å². The number of carbonyl (C=O) groups excluding carboxylic acids is 1. The molecule has 0 aliphatic heterocycles. The summed E-state index contributed by atoms with van der Waals surface area (Å²) in [5.41, 5.74) is 1.19. The van der Waals surface area contributed by atoms with Gasteiger partial charge in [0.05, 0.1) is 24.2 Å². The van der Waals surface area contributed by atoms with Gasteiger partial charge in [0, 0.05) is 22.9 Å². The average Bonchev–Trinajstić information content (AvgIpc) is 2.70. The zero-order valence-electron chi connectivity index (χ0n) is 15.1. The maximum Gasteiger partial charge on any atom is 0.335 e. The Kier molecular flexibility index (Phi) is 5.56. The predicted octanol–water partition coefficient (Wildman–Crippen LogP) is 2.43. The van der Waals surface area contributed by atoms with Gasteiger partial charge in [-0.05, 0) is 29.3 Å². The number of hydrogen-bond donors (Lipinski definition) is 4. The van der Waals surface area contributed by atoms with Gasteiger partial charge in [-0.15, -0.1) is 0 Å². The van der Waals surface area contributed by atoms with E-state index in [-0.39, 0.29) is 23.1 Å². The lowest BCUT2D eigenvalue weighted by Gasteiger charge is -2.11. The van der Waals surface area contributed by atoms with Crippen LogP contribution in [0.2, 0.25) is 0 Å². The Morgan fingerprint density at radius 3 is 2.14 bits per heavy atom. The van der Waals surface area contributed by atoms with Crippen LogP contribution in [0.4, 0.5) is 0 Å². The summed E-state index contributed by atoms with van der Waals surface area (Å²) in [4.78, 5) is 49.1. The zero-order valence-corrected chi connectivity index (χ0v) is 15.1. The van der Waals surface area contributed by atoms with Gasteiger partial charge < -0.3 is 20.3 Å². The van der Waals surface area contributed by atoms with E-state index in [1.807, 2.05) is 0 Å². The molecule has 0 saturated carbocycles. The Balaban J connectivity index is 2.07. The van der Waals surface area contributed by atoms with Gasteiger partial charge in [0.25, 0.3) is 5.56 Å². The van der Waals surface area contributed by atoms with Crippen molar-refractivity contribution < 1.29 is 29.7 Å². The molecule has 0 spiro atoms. The Morgan fingerprint density at radius 2 is 1.55 bits per heavy atom. The number of aromatic amines is 1. The summed E-state index contributed by atoms with van der Waals surface area (Å²) in [5, 5.41) is 28.0. The molecule has 3 rings (SSSR count). The second-order valence-electron chi connectivity index (χ2n) is 6.43. The lowest BCUT2D eigenvalue weighted by molar-refractivity contribution is -0.136.